The van der Waals surface area contributed by atoms with Crippen LogP contribution >= 0.6 is 0 Å². The molecule has 0 aliphatic carbocycles. The van der Waals surface area contributed by atoms with Crippen molar-refractivity contribution < 1.29 is 28.5 Å². The number of ether oxygens (including phenoxy) is 1. The van der Waals surface area contributed by atoms with Gasteiger partial charge < -0.3 is 14.9 Å². The van der Waals surface area contributed by atoms with Crippen molar-refractivity contribution in [2.75, 3.05) is 13.2 Å². The van der Waals surface area contributed by atoms with E-state index in [4.69, 9.17) is 5.11 Å². The van der Waals surface area contributed by atoms with Crippen LogP contribution in [0.1, 0.15) is 12.8 Å². The highest BCUT2D eigenvalue weighted by Crippen LogP contribution is 2.35. The Bertz CT molecular complexity index is 211. The molecular weight excluding hydrogens is 186 g/mol. The number of hydrogen-bond acceptors (Lipinski definition) is 3. The second kappa shape index (κ2) is 3.19. The Kier molecular flexibility index (Phi) is 2.53. The maximum atomic E-state index is 12.9. The predicted molar refractivity (Wildman–Crippen MR) is 37.6 cm³/mol. The van der Waals surface area contributed by atoms with Crippen LogP contribution in [0.15, 0.2) is 0 Å². The van der Waals surface area contributed by atoms with Crippen molar-refractivity contribution in [3.8, 4) is 0 Å². The minimum Gasteiger partial charge on any atom is -0.477 e. The fraction of sp³-hybridized carbons (Fsp3) is 0.857. The monoisotopic (exact) mass is 196 g/mol. The number of aliphatic carboxylic acids is 1. The first kappa shape index (κ1) is 10.3. The third kappa shape index (κ3) is 1.64. The van der Waals surface area contributed by atoms with Gasteiger partial charge in [0.25, 0.3) is 0 Å². The van der Waals surface area contributed by atoms with Gasteiger partial charge in [-0.3, -0.25) is 0 Å². The van der Waals surface area contributed by atoms with Gasteiger partial charge in [-0.25, -0.2) is 4.79 Å². The van der Waals surface area contributed by atoms with Gasteiger partial charge in [0.15, 0.2) is 5.60 Å². The zero-order valence-electron chi connectivity index (χ0n) is 6.80. The lowest BCUT2D eigenvalue weighted by Crippen LogP contribution is -2.57. The van der Waals surface area contributed by atoms with Crippen molar-refractivity contribution in [1.29, 1.82) is 0 Å². The van der Waals surface area contributed by atoms with Crippen molar-refractivity contribution in [2.24, 2.45) is 0 Å². The summed E-state index contributed by atoms with van der Waals surface area (Å²) in [6, 6.07) is 0. The predicted octanol–water partition coefficient (Wildman–Crippen LogP) is 0.248. The summed E-state index contributed by atoms with van der Waals surface area (Å²) in [6.07, 6.45) is -0.0222. The van der Waals surface area contributed by atoms with Crippen molar-refractivity contribution in [3.05, 3.63) is 0 Å². The average molecular weight is 196 g/mol. The normalized spacial score (nSPS) is 30.1. The molecule has 1 saturated heterocycles. The largest absolute Gasteiger partial charge is 0.477 e. The molecule has 0 saturated carbocycles. The maximum Gasteiger partial charge on any atom is 0.377 e. The molecule has 0 aromatic carbocycles. The van der Waals surface area contributed by atoms with Crippen LogP contribution in [0.3, 0.4) is 0 Å². The lowest BCUT2D eigenvalue weighted by atomic mass is 9.89. The van der Waals surface area contributed by atoms with Crippen molar-refractivity contribution in [1.82, 2.24) is 0 Å². The Morgan fingerprint density at radius 2 is 2.15 bits per heavy atom. The van der Waals surface area contributed by atoms with Crippen molar-refractivity contribution >= 4 is 5.97 Å². The first-order valence-electron chi connectivity index (χ1n) is 3.81. The van der Waals surface area contributed by atoms with E-state index in [-0.39, 0.29) is 19.4 Å². The number of carboxylic acid groups (broad SMARTS) is 1. The molecule has 0 radical (unpaired) electrons. The smallest absolute Gasteiger partial charge is 0.377 e. The molecule has 6 heteroatoms. The number of carboxylic acids is 1. The van der Waals surface area contributed by atoms with Crippen LogP contribution in [0.2, 0.25) is 0 Å². The standard InChI is InChI=1S/C7H10F2O4/c8-7(9,5(10)11)6(12)2-1-3-13-4-6/h12H,1-4H2,(H,10,11). The SMILES string of the molecule is O=C(O)C(F)(F)C1(O)CCCOC1. The van der Waals surface area contributed by atoms with E-state index >= 15 is 0 Å². The fourth-order valence-corrected chi connectivity index (χ4v) is 1.23. The van der Waals surface area contributed by atoms with Crippen LogP contribution < -0.4 is 0 Å². The van der Waals surface area contributed by atoms with E-state index in [2.05, 4.69) is 4.74 Å². The minimum absolute atomic E-state index is 0.235. The fourth-order valence-electron chi connectivity index (χ4n) is 1.23. The second-order valence-corrected chi connectivity index (χ2v) is 3.07. The van der Waals surface area contributed by atoms with Gasteiger partial charge in [-0.1, -0.05) is 0 Å². The molecule has 1 rings (SSSR count). The summed E-state index contributed by atoms with van der Waals surface area (Å²) >= 11 is 0. The summed E-state index contributed by atoms with van der Waals surface area (Å²) in [7, 11) is 0. The number of aliphatic hydroxyl groups is 1. The Morgan fingerprint density at radius 3 is 2.54 bits per heavy atom. The summed E-state index contributed by atoms with van der Waals surface area (Å²) < 4.78 is 30.4. The number of halogens is 2. The molecule has 0 amide bonds. The molecule has 4 nitrogen and oxygen atoms in total. The summed E-state index contributed by atoms with van der Waals surface area (Å²) in [5.74, 6) is -6.46. The Labute approximate surface area is 73.1 Å². The minimum atomic E-state index is -4.15. The van der Waals surface area contributed by atoms with Crippen LogP contribution in [-0.2, 0) is 9.53 Å². The molecule has 1 heterocycles. The zero-order chi connectivity index (χ0) is 10.1. The molecule has 0 bridgehead atoms. The lowest BCUT2D eigenvalue weighted by molar-refractivity contribution is -0.233. The van der Waals surface area contributed by atoms with Crippen molar-refractivity contribution in [2.45, 2.75) is 24.4 Å². The van der Waals surface area contributed by atoms with Gasteiger partial charge in [0.05, 0.1) is 6.61 Å². The van der Waals surface area contributed by atoms with Crippen LogP contribution in [-0.4, -0.2) is 40.9 Å². The molecule has 76 valence electrons. The quantitative estimate of drug-likeness (QED) is 0.664. The summed E-state index contributed by atoms with van der Waals surface area (Å²) in [5.41, 5.74) is -2.56. The number of hydrogen-bond donors (Lipinski definition) is 2. The van der Waals surface area contributed by atoms with Gasteiger partial charge >= 0.3 is 11.9 Å². The van der Waals surface area contributed by atoms with E-state index in [0.717, 1.165) is 0 Å². The van der Waals surface area contributed by atoms with Gasteiger partial charge in [-0.15, -0.1) is 0 Å². The molecule has 1 unspecified atom stereocenters. The van der Waals surface area contributed by atoms with E-state index in [1.54, 1.807) is 0 Å². The third-order valence-corrected chi connectivity index (χ3v) is 2.07. The number of carbonyl (C=O) groups is 1. The first-order valence-corrected chi connectivity index (χ1v) is 3.81. The van der Waals surface area contributed by atoms with E-state index in [1.165, 1.54) is 0 Å². The molecule has 0 aromatic rings. The Hall–Kier alpha value is -0.750. The van der Waals surface area contributed by atoms with Crippen LogP contribution in [0, 0.1) is 0 Å². The van der Waals surface area contributed by atoms with Gasteiger partial charge in [0.2, 0.25) is 0 Å². The van der Waals surface area contributed by atoms with Gasteiger partial charge in [-0.05, 0) is 12.8 Å². The second-order valence-electron chi connectivity index (χ2n) is 3.07. The third-order valence-electron chi connectivity index (χ3n) is 2.07. The molecule has 1 aliphatic rings. The van der Waals surface area contributed by atoms with E-state index < -0.39 is 24.1 Å². The zero-order valence-corrected chi connectivity index (χ0v) is 6.80. The lowest BCUT2D eigenvalue weighted by Gasteiger charge is -2.35. The van der Waals surface area contributed by atoms with Crippen LogP contribution in [0.4, 0.5) is 8.78 Å². The van der Waals surface area contributed by atoms with Crippen LogP contribution in [0.5, 0.6) is 0 Å². The average Bonchev–Trinajstić information content (AvgIpc) is 2.05. The Morgan fingerprint density at radius 1 is 1.54 bits per heavy atom. The van der Waals surface area contributed by atoms with Gasteiger partial charge in [-0.2, -0.15) is 8.78 Å². The Balaban J connectivity index is 2.82. The molecular formula is C7H10F2O4. The molecule has 0 spiro atoms. The van der Waals surface area contributed by atoms with E-state index in [1.807, 2.05) is 0 Å². The summed E-state index contributed by atoms with van der Waals surface area (Å²) in [4.78, 5) is 10.2. The topological polar surface area (TPSA) is 66.8 Å². The molecule has 1 atom stereocenters. The van der Waals surface area contributed by atoms with Gasteiger partial charge in [0, 0.05) is 6.61 Å². The van der Waals surface area contributed by atoms with E-state index in [0.29, 0.717) is 0 Å². The number of alkyl halides is 2. The highest BCUT2D eigenvalue weighted by molar-refractivity contribution is 5.77. The highest BCUT2D eigenvalue weighted by Gasteiger charge is 2.59. The molecule has 2 N–H and O–H groups in total. The molecule has 13 heavy (non-hydrogen) atoms. The molecule has 1 aliphatic heterocycles. The molecule has 0 aromatic heterocycles. The maximum absolute atomic E-state index is 12.9. The number of rotatable bonds is 2. The van der Waals surface area contributed by atoms with Crippen molar-refractivity contribution in [3.63, 3.8) is 0 Å². The summed E-state index contributed by atoms with van der Waals surface area (Å²) in [6.45, 7) is -0.357. The molecule has 1 fully saturated rings. The van der Waals surface area contributed by atoms with Gasteiger partial charge in [0.1, 0.15) is 0 Å². The summed E-state index contributed by atoms with van der Waals surface area (Å²) in [5, 5.41) is 17.5. The van der Waals surface area contributed by atoms with E-state index in [9.17, 15) is 18.7 Å². The first-order chi connectivity index (χ1) is 5.90. The highest BCUT2D eigenvalue weighted by atomic mass is 19.3. The van der Waals surface area contributed by atoms with Crippen LogP contribution in [0.25, 0.3) is 0 Å².